The molecule has 2 aromatic heterocycles. The van der Waals surface area contributed by atoms with Gasteiger partial charge in [0.25, 0.3) is 0 Å². The van der Waals surface area contributed by atoms with Crippen LogP contribution < -0.4 is 19.7 Å². The van der Waals surface area contributed by atoms with Crippen molar-refractivity contribution in [3.05, 3.63) is 101 Å². The van der Waals surface area contributed by atoms with Gasteiger partial charge >= 0.3 is 0 Å². The summed E-state index contributed by atoms with van der Waals surface area (Å²) in [7, 11) is 3.26. The molecule has 0 saturated carbocycles. The topological polar surface area (TPSA) is 51.5 Å². The van der Waals surface area contributed by atoms with Gasteiger partial charge in [0.15, 0.2) is 5.11 Å². The maximum Gasteiger partial charge on any atom is 0.174 e. The summed E-state index contributed by atoms with van der Waals surface area (Å²) in [6.07, 6.45) is 1.79. The highest BCUT2D eigenvalue weighted by molar-refractivity contribution is 7.80. The molecule has 0 bridgehead atoms. The van der Waals surface area contributed by atoms with Crippen molar-refractivity contribution in [3.8, 4) is 17.2 Å². The van der Waals surface area contributed by atoms with Crippen LogP contribution in [0.15, 0.2) is 72.9 Å². The molecule has 3 heterocycles. The molecule has 36 heavy (non-hydrogen) atoms. The Bertz CT molecular complexity index is 1410. The summed E-state index contributed by atoms with van der Waals surface area (Å²) < 4.78 is 26.9. The molecule has 6 nitrogen and oxygen atoms in total. The van der Waals surface area contributed by atoms with Gasteiger partial charge in [0.1, 0.15) is 17.3 Å². The average Bonchev–Trinajstić information content (AvgIpc) is 3.39. The lowest BCUT2D eigenvalue weighted by Gasteiger charge is -2.29. The van der Waals surface area contributed by atoms with Crippen LogP contribution in [0.3, 0.4) is 0 Å². The Morgan fingerprint density at radius 1 is 0.972 bits per heavy atom. The van der Waals surface area contributed by atoms with Crippen molar-refractivity contribution in [1.82, 2.24) is 14.9 Å². The first-order valence-corrected chi connectivity index (χ1v) is 12.0. The van der Waals surface area contributed by atoms with Crippen molar-refractivity contribution in [1.29, 1.82) is 0 Å². The van der Waals surface area contributed by atoms with Gasteiger partial charge < -0.3 is 24.3 Å². The van der Waals surface area contributed by atoms with E-state index in [1.807, 2.05) is 36.4 Å². The normalized spacial score (nSPS) is 17.2. The van der Waals surface area contributed by atoms with Crippen molar-refractivity contribution < 1.29 is 13.9 Å². The SMILES string of the molecule is COc1ccc(N2C(=S)N[C@H](c3ccccn3)[C@@H]2c2cc(C)n(-c3ccc(F)cc3)c2C)c(OC)c1. The number of anilines is 1. The molecule has 2 atom stereocenters. The van der Waals surface area contributed by atoms with Gasteiger partial charge in [0.2, 0.25) is 0 Å². The number of rotatable bonds is 6. The monoisotopic (exact) mass is 502 g/mol. The van der Waals surface area contributed by atoms with Gasteiger partial charge in [-0.15, -0.1) is 0 Å². The molecular formula is C28H27FN4O2S. The number of aromatic nitrogens is 2. The quantitative estimate of drug-likeness (QED) is 0.335. The van der Waals surface area contributed by atoms with Gasteiger partial charge in [0, 0.05) is 29.3 Å². The van der Waals surface area contributed by atoms with E-state index in [4.69, 9.17) is 21.7 Å². The third-order valence-corrected chi connectivity index (χ3v) is 6.93. The summed E-state index contributed by atoms with van der Waals surface area (Å²) in [6.45, 7) is 4.13. The van der Waals surface area contributed by atoms with Crippen LogP contribution in [0.5, 0.6) is 11.5 Å². The van der Waals surface area contributed by atoms with Crippen molar-refractivity contribution in [2.75, 3.05) is 19.1 Å². The zero-order chi connectivity index (χ0) is 25.4. The van der Waals surface area contributed by atoms with Gasteiger partial charge in [-0.1, -0.05) is 6.07 Å². The average molecular weight is 503 g/mol. The Balaban J connectivity index is 1.69. The van der Waals surface area contributed by atoms with E-state index in [1.165, 1.54) is 12.1 Å². The van der Waals surface area contributed by atoms with Crippen LogP contribution in [-0.2, 0) is 0 Å². The highest BCUT2D eigenvalue weighted by Gasteiger charge is 2.43. The number of hydrogen-bond donors (Lipinski definition) is 1. The second-order valence-electron chi connectivity index (χ2n) is 8.67. The number of aryl methyl sites for hydroxylation is 1. The number of hydrogen-bond acceptors (Lipinski definition) is 4. The molecule has 5 rings (SSSR count). The summed E-state index contributed by atoms with van der Waals surface area (Å²) in [5.41, 5.74) is 5.76. The first-order valence-electron chi connectivity index (χ1n) is 11.6. The van der Waals surface area contributed by atoms with E-state index in [9.17, 15) is 4.39 Å². The Labute approximate surface area is 215 Å². The molecule has 2 aromatic carbocycles. The summed E-state index contributed by atoms with van der Waals surface area (Å²) in [5.74, 6) is 1.08. The first-order chi connectivity index (χ1) is 17.4. The Kier molecular flexibility index (Phi) is 6.36. The fraction of sp³-hybridized carbons (Fsp3) is 0.214. The van der Waals surface area contributed by atoms with Crippen LogP contribution in [-0.4, -0.2) is 28.9 Å². The predicted molar refractivity (Wildman–Crippen MR) is 143 cm³/mol. The Morgan fingerprint density at radius 3 is 2.42 bits per heavy atom. The molecule has 1 saturated heterocycles. The van der Waals surface area contributed by atoms with Crippen molar-refractivity contribution >= 4 is 23.0 Å². The minimum Gasteiger partial charge on any atom is -0.497 e. The van der Waals surface area contributed by atoms with Crippen LogP contribution in [0.25, 0.3) is 5.69 Å². The zero-order valence-corrected chi connectivity index (χ0v) is 21.3. The van der Waals surface area contributed by atoms with E-state index < -0.39 is 0 Å². The van der Waals surface area contributed by atoms with Crippen LogP contribution in [0.2, 0.25) is 0 Å². The number of methoxy groups -OCH3 is 2. The van der Waals surface area contributed by atoms with E-state index in [0.717, 1.165) is 34.0 Å². The number of nitrogens with zero attached hydrogens (tertiary/aromatic N) is 3. The van der Waals surface area contributed by atoms with E-state index in [1.54, 1.807) is 32.5 Å². The third-order valence-electron chi connectivity index (χ3n) is 6.62. The van der Waals surface area contributed by atoms with Crippen molar-refractivity contribution in [2.45, 2.75) is 25.9 Å². The zero-order valence-electron chi connectivity index (χ0n) is 20.5. The second kappa shape index (κ2) is 9.62. The molecule has 1 aliphatic rings. The molecule has 0 aliphatic carbocycles. The molecule has 1 aliphatic heterocycles. The summed E-state index contributed by atoms with van der Waals surface area (Å²) >= 11 is 5.89. The van der Waals surface area contributed by atoms with E-state index >= 15 is 0 Å². The van der Waals surface area contributed by atoms with Crippen LogP contribution in [0.1, 0.15) is 34.7 Å². The van der Waals surface area contributed by atoms with Crippen LogP contribution in [0, 0.1) is 19.7 Å². The lowest BCUT2D eigenvalue weighted by Crippen LogP contribution is -2.30. The van der Waals surface area contributed by atoms with Crippen molar-refractivity contribution in [3.63, 3.8) is 0 Å². The van der Waals surface area contributed by atoms with Crippen molar-refractivity contribution in [2.24, 2.45) is 0 Å². The fourth-order valence-corrected chi connectivity index (χ4v) is 5.33. The molecule has 4 aromatic rings. The summed E-state index contributed by atoms with van der Waals surface area (Å²) in [6, 6.07) is 19.9. The predicted octanol–water partition coefficient (Wildman–Crippen LogP) is 5.82. The summed E-state index contributed by atoms with van der Waals surface area (Å²) in [5, 5.41) is 4.07. The maximum absolute atomic E-state index is 13.6. The minimum absolute atomic E-state index is 0.201. The molecule has 8 heteroatoms. The fourth-order valence-electron chi connectivity index (χ4n) is 4.99. The molecular weight excluding hydrogens is 475 g/mol. The number of benzene rings is 2. The highest BCUT2D eigenvalue weighted by Crippen LogP contribution is 2.46. The molecule has 0 spiro atoms. The number of nitrogens with one attached hydrogen (secondary N) is 1. The number of pyridine rings is 1. The molecule has 0 radical (unpaired) electrons. The smallest absolute Gasteiger partial charge is 0.174 e. The molecule has 0 amide bonds. The molecule has 1 fully saturated rings. The maximum atomic E-state index is 13.6. The minimum atomic E-state index is -0.264. The number of ether oxygens (including phenoxy) is 2. The van der Waals surface area contributed by atoms with E-state index in [2.05, 4.69) is 39.7 Å². The Hall–Kier alpha value is -3.91. The Morgan fingerprint density at radius 2 is 1.75 bits per heavy atom. The standard InChI is InChI=1S/C28H27FN4O2S/c1-17-15-22(18(2)32(17)20-10-8-19(29)9-11-20)27-26(23-7-5-6-14-30-23)31-28(36)33(27)24-13-12-21(34-3)16-25(24)35-4/h5-16,26-27H,1-4H3,(H,31,36)/t26-,27+/m1/s1. The lowest BCUT2D eigenvalue weighted by molar-refractivity contribution is 0.394. The lowest BCUT2D eigenvalue weighted by atomic mass is 9.96. The van der Waals surface area contributed by atoms with Crippen LogP contribution >= 0.6 is 12.2 Å². The molecule has 0 unspecified atom stereocenters. The van der Waals surface area contributed by atoms with Gasteiger partial charge in [-0.2, -0.15) is 0 Å². The molecule has 1 N–H and O–H groups in total. The van der Waals surface area contributed by atoms with Gasteiger partial charge in [0.05, 0.1) is 37.7 Å². The highest BCUT2D eigenvalue weighted by atomic mass is 32.1. The molecule has 184 valence electrons. The van der Waals surface area contributed by atoms with Gasteiger partial charge in [-0.3, -0.25) is 4.98 Å². The second-order valence-corrected chi connectivity index (χ2v) is 9.06. The number of thiocarbonyl (C=S) groups is 1. The van der Waals surface area contributed by atoms with E-state index in [-0.39, 0.29) is 17.9 Å². The first kappa shape index (κ1) is 23.8. The van der Waals surface area contributed by atoms with E-state index in [0.29, 0.717) is 16.6 Å². The van der Waals surface area contributed by atoms with Gasteiger partial charge in [-0.05, 0) is 86.2 Å². The largest absolute Gasteiger partial charge is 0.497 e. The summed E-state index contributed by atoms with van der Waals surface area (Å²) in [4.78, 5) is 6.73. The van der Waals surface area contributed by atoms with Crippen LogP contribution in [0.4, 0.5) is 10.1 Å². The third kappa shape index (κ3) is 4.07. The van der Waals surface area contributed by atoms with Gasteiger partial charge in [-0.25, -0.2) is 4.39 Å². The number of halogens is 1.